The molecule has 2 rings (SSSR count). The SMILES string of the molecule is CCCCC1=NC/C(C2CCCC[C@H]2CO)=C\C(C)=NC(C)=C1. The number of allylic oxidation sites excluding steroid dienone is 3. The van der Waals surface area contributed by atoms with Crippen LogP contribution in [0.3, 0.4) is 0 Å². The zero-order valence-corrected chi connectivity index (χ0v) is 15.0. The van der Waals surface area contributed by atoms with Gasteiger partial charge < -0.3 is 5.11 Å². The summed E-state index contributed by atoms with van der Waals surface area (Å²) in [5.74, 6) is 0.861. The van der Waals surface area contributed by atoms with Crippen molar-refractivity contribution < 1.29 is 5.11 Å². The summed E-state index contributed by atoms with van der Waals surface area (Å²) in [6.45, 7) is 7.40. The van der Waals surface area contributed by atoms with E-state index in [4.69, 9.17) is 9.98 Å². The predicted octanol–water partition coefficient (Wildman–Crippen LogP) is 4.72. The number of unbranched alkanes of at least 4 members (excludes halogenated alkanes) is 1. The smallest absolute Gasteiger partial charge is 0.0609 e. The average molecular weight is 316 g/mol. The van der Waals surface area contributed by atoms with Crippen LogP contribution < -0.4 is 0 Å². The molecule has 0 aromatic carbocycles. The molecule has 3 nitrogen and oxygen atoms in total. The zero-order valence-electron chi connectivity index (χ0n) is 15.0. The lowest BCUT2D eigenvalue weighted by molar-refractivity contribution is 0.151. The third-order valence-electron chi connectivity index (χ3n) is 4.99. The van der Waals surface area contributed by atoms with Gasteiger partial charge in [-0.3, -0.25) is 9.98 Å². The van der Waals surface area contributed by atoms with Crippen molar-refractivity contribution in [1.29, 1.82) is 0 Å². The van der Waals surface area contributed by atoms with Crippen molar-refractivity contribution in [1.82, 2.24) is 0 Å². The minimum Gasteiger partial charge on any atom is -0.396 e. The maximum Gasteiger partial charge on any atom is 0.0609 e. The van der Waals surface area contributed by atoms with Gasteiger partial charge >= 0.3 is 0 Å². The zero-order chi connectivity index (χ0) is 16.7. The van der Waals surface area contributed by atoms with Gasteiger partial charge in [-0.2, -0.15) is 0 Å². The fraction of sp³-hybridized carbons (Fsp3) is 0.700. The van der Waals surface area contributed by atoms with Crippen LogP contribution in [0.25, 0.3) is 0 Å². The van der Waals surface area contributed by atoms with Crippen LogP contribution in [-0.2, 0) is 0 Å². The molecular formula is C20H32N2O. The van der Waals surface area contributed by atoms with Crippen LogP contribution in [0, 0.1) is 11.8 Å². The van der Waals surface area contributed by atoms with Gasteiger partial charge in [-0.05, 0) is 69.1 Å². The molecule has 0 spiro atoms. The minimum absolute atomic E-state index is 0.294. The van der Waals surface area contributed by atoms with Crippen molar-refractivity contribution in [3.05, 3.63) is 23.4 Å². The van der Waals surface area contributed by atoms with Crippen molar-refractivity contribution in [2.45, 2.75) is 65.7 Å². The Hall–Kier alpha value is -1.22. The number of hydrogen-bond acceptors (Lipinski definition) is 3. The molecule has 1 aliphatic heterocycles. The molecule has 0 saturated heterocycles. The molecule has 1 fully saturated rings. The summed E-state index contributed by atoms with van der Waals surface area (Å²) in [5, 5.41) is 9.75. The predicted molar refractivity (Wildman–Crippen MR) is 99.3 cm³/mol. The summed E-state index contributed by atoms with van der Waals surface area (Å²) < 4.78 is 0. The van der Waals surface area contributed by atoms with Crippen LogP contribution in [-0.4, -0.2) is 29.7 Å². The highest BCUT2D eigenvalue weighted by molar-refractivity contribution is 5.98. The highest BCUT2D eigenvalue weighted by Gasteiger charge is 2.27. The van der Waals surface area contributed by atoms with Gasteiger partial charge in [0.05, 0.1) is 6.54 Å². The second-order valence-electron chi connectivity index (χ2n) is 7.00. The summed E-state index contributed by atoms with van der Waals surface area (Å²) in [7, 11) is 0. The van der Waals surface area contributed by atoms with E-state index in [1.165, 1.54) is 43.4 Å². The van der Waals surface area contributed by atoms with Crippen molar-refractivity contribution in [2.75, 3.05) is 13.2 Å². The molecule has 23 heavy (non-hydrogen) atoms. The molecule has 1 heterocycles. The fourth-order valence-electron chi connectivity index (χ4n) is 3.78. The van der Waals surface area contributed by atoms with E-state index in [1.807, 2.05) is 0 Å². The Morgan fingerprint density at radius 1 is 1.17 bits per heavy atom. The standard InChI is InChI=1S/C20H32N2O/c1-4-5-9-19-12-16(3)22-15(2)11-18(13-21-19)20-10-7-6-8-17(20)14-23/h11-12,17,20,23H,4-10,13-14H2,1-3H3/b16-12?,18-11+,21-19?,22-15?/t17-,20?/m0/s1. The third kappa shape index (κ3) is 5.42. The fourth-order valence-corrected chi connectivity index (χ4v) is 3.78. The maximum atomic E-state index is 9.75. The Morgan fingerprint density at radius 3 is 2.70 bits per heavy atom. The van der Waals surface area contributed by atoms with Crippen molar-refractivity contribution in [3.63, 3.8) is 0 Å². The first-order valence-corrected chi connectivity index (χ1v) is 9.22. The number of aliphatic imine (C=N–C) groups is 2. The average Bonchev–Trinajstić information content (AvgIpc) is 2.61. The summed E-state index contributed by atoms with van der Waals surface area (Å²) in [5.41, 5.74) is 4.63. The van der Waals surface area contributed by atoms with E-state index in [2.05, 4.69) is 32.9 Å². The molecule has 0 amide bonds. The van der Waals surface area contributed by atoms with Crippen LogP contribution in [0.5, 0.6) is 0 Å². The molecule has 2 aliphatic rings. The molecule has 1 saturated carbocycles. The molecule has 128 valence electrons. The van der Waals surface area contributed by atoms with E-state index in [9.17, 15) is 5.11 Å². The molecule has 2 atom stereocenters. The first-order chi connectivity index (χ1) is 11.1. The van der Waals surface area contributed by atoms with Gasteiger partial charge in [0.15, 0.2) is 0 Å². The van der Waals surface area contributed by atoms with E-state index in [0.717, 1.165) is 30.8 Å². The van der Waals surface area contributed by atoms with Crippen molar-refractivity contribution >= 4 is 11.4 Å². The van der Waals surface area contributed by atoms with E-state index in [-0.39, 0.29) is 0 Å². The van der Waals surface area contributed by atoms with Crippen molar-refractivity contribution in [3.8, 4) is 0 Å². The van der Waals surface area contributed by atoms with Gasteiger partial charge in [0.2, 0.25) is 0 Å². The van der Waals surface area contributed by atoms with Gasteiger partial charge in [0.25, 0.3) is 0 Å². The van der Waals surface area contributed by atoms with Crippen LogP contribution in [0.2, 0.25) is 0 Å². The summed E-state index contributed by atoms with van der Waals surface area (Å²) in [6, 6.07) is 0. The van der Waals surface area contributed by atoms with Crippen LogP contribution in [0.1, 0.15) is 65.7 Å². The maximum absolute atomic E-state index is 9.75. The van der Waals surface area contributed by atoms with Crippen LogP contribution in [0.15, 0.2) is 33.4 Å². The molecule has 0 radical (unpaired) electrons. The number of aliphatic hydroxyl groups is 1. The molecular weight excluding hydrogens is 284 g/mol. The van der Waals surface area contributed by atoms with Crippen LogP contribution in [0.4, 0.5) is 0 Å². The van der Waals surface area contributed by atoms with E-state index in [1.54, 1.807) is 0 Å². The first kappa shape index (κ1) is 18.1. The molecule has 0 bridgehead atoms. The summed E-state index contributed by atoms with van der Waals surface area (Å²) >= 11 is 0. The Bertz CT molecular complexity index is 514. The lowest BCUT2D eigenvalue weighted by atomic mass is 9.75. The van der Waals surface area contributed by atoms with E-state index in [0.29, 0.717) is 18.4 Å². The minimum atomic E-state index is 0.294. The molecule has 0 aromatic rings. The summed E-state index contributed by atoms with van der Waals surface area (Å²) in [4.78, 5) is 9.62. The first-order valence-electron chi connectivity index (χ1n) is 9.22. The Kier molecular flexibility index (Phi) is 7.22. The van der Waals surface area contributed by atoms with Gasteiger partial charge in [-0.1, -0.05) is 26.2 Å². The number of hydrogen-bond donors (Lipinski definition) is 1. The van der Waals surface area contributed by atoms with Gasteiger partial charge in [-0.15, -0.1) is 0 Å². The normalized spacial score (nSPS) is 28.5. The van der Waals surface area contributed by atoms with Crippen molar-refractivity contribution in [2.24, 2.45) is 21.8 Å². The van der Waals surface area contributed by atoms with Crippen LogP contribution >= 0.6 is 0 Å². The second-order valence-corrected chi connectivity index (χ2v) is 7.00. The number of aliphatic hydroxyl groups excluding tert-OH is 1. The largest absolute Gasteiger partial charge is 0.396 e. The lowest BCUT2D eigenvalue weighted by Gasteiger charge is -2.32. The number of nitrogens with zero attached hydrogens (tertiary/aromatic N) is 2. The molecule has 1 unspecified atom stereocenters. The molecule has 0 aromatic heterocycles. The van der Waals surface area contributed by atoms with E-state index >= 15 is 0 Å². The lowest BCUT2D eigenvalue weighted by Crippen LogP contribution is -2.26. The summed E-state index contributed by atoms with van der Waals surface area (Å²) in [6.07, 6.45) is 12.6. The number of rotatable bonds is 5. The highest BCUT2D eigenvalue weighted by atomic mass is 16.3. The van der Waals surface area contributed by atoms with E-state index < -0.39 is 0 Å². The molecule has 3 heteroatoms. The topological polar surface area (TPSA) is 45.0 Å². The quantitative estimate of drug-likeness (QED) is 0.783. The third-order valence-corrected chi connectivity index (χ3v) is 4.99. The Morgan fingerprint density at radius 2 is 1.96 bits per heavy atom. The monoisotopic (exact) mass is 316 g/mol. The highest BCUT2D eigenvalue weighted by Crippen LogP contribution is 2.35. The Balaban J connectivity index is 2.26. The molecule has 1 N–H and O–H groups in total. The second kappa shape index (κ2) is 9.17. The van der Waals surface area contributed by atoms with Gasteiger partial charge in [0, 0.05) is 23.7 Å². The Labute approximate surface area is 141 Å². The van der Waals surface area contributed by atoms with Gasteiger partial charge in [-0.25, -0.2) is 0 Å². The van der Waals surface area contributed by atoms with Gasteiger partial charge in [0.1, 0.15) is 0 Å². The molecule has 1 aliphatic carbocycles.